The maximum Gasteiger partial charge on any atom is 0.265 e. The lowest BCUT2D eigenvalue weighted by Crippen LogP contribution is -2.30. The minimum Gasteiger partial charge on any atom is -0.396 e. The highest BCUT2D eigenvalue weighted by atomic mass is 16.3. The molecule has 0 unspecified atom stereocenters. The number of aliphatic hydroxyl groups is 1. The summed E-state index contributed by atoms with van der Waals surface area (Å²) in [6, 6.07) is 0. The molecule has 0 bridgehead atoms. The van der Waals surface area contributed by atoms with Crippen molar-refractivity contribution in [1.82, 2.24) is 15.3 Å². The van der Waals surface area contributed by atoms with E-state index >= 15 is 0 Å². The molecule has 0 fully saturated rings. The van der Waals surface area contributed by atoms with E-state index < -0.39 is 0 Å². The van der Waals surface area contributed by atoms with Crippen molar-refractivity contribution in [3.05, 3.63) is 17.7 Å². The van der Waals surface area contributed by atoms with Crippen LogP contribution in [0.3, 0.4) is 0 Å². The van der Waals surface area contributed by atoms with E-state index in [1.165, 1.54) is 6.33 Å². The molecule has 6 heteroatoms. The van der Waals surface area contributed by atoms with Crippen LogP contribution in [-0.2, 0) is 4.79 Å². The fourth-order valence-corrected chi connectivity index (χ4v) is 1.38. The summed E-state index contributed by atoms with van der Waals surface area (Å²) >= 11 is 0. The highest BCUT2D eigenvalue weighted by molar-refractivity contribution is 6.38. The lowest BCUT2D eigenvalue weighted by atomic mass is 10.3. The van der Waals surface area contributed by atoms with Gasteiger partial charge in [0.05, 0.1) is 11.4 Å². The molecule has 0 aromatic carbocycles. The molecule has 1 amide bonds. The molecule has 0 aliphatic heterocycles. The number of carbonyl (C=O) groups is 1. The van der Waals surface area contributed by atoms with Crippen LogP contribution in [0, 0.1) is 13.8 Å². The van der Waals surface area contributed by atoms with E-state index in [-0.39, 0.29) is 12.5 Å². The van der Waals surface area contributed by atoms with Gasteiger partial charge in [0.15, 0.2) is 0 Å². The predicted molar refractivity (Wildman–Crippen MR) is 69.0 cm³/mol. The van der Waals surface area contributed by atoms with Gasteiger partial charge >= 0.3 is 0 Å². The SMILES string of the molecule is C/C(=N\c1c(C)ncnc1C)C(=O)NCCCO. The molecule has 1 rings (SSSR count). The zero-order valence-corrected chi connectivity index (χ0v) is 10.9. The van der Waals surface area contributed by atoms with Crippen LogP contribution >= 0.6 is 0 Å². The molecule has 18 heavy (non-hydrogen) atoms. The summed E-state index contributed by atoms with van der Waals surface area (Å²) in [5.41, 5.74) is 2.47. The zero-order valence-electron chi connectivity index (χ0n) is 10.9. The standard InChI is InChI=1S/C12H18N4O2/c1-8-11(9(2)15-7-14-8)16-10(3)12(18)13-5-4-6-17/h7,17H,4-6H2,1-3H3,(H,13,18)/b16-10+. The van der Waals surface area contributed by atoms with E-state index in [1.807, 2.05) is 13.8 Å². The van der Waals surface area contributed by atoms with Gasteiger partial charge in [-0.1, -0.05) is 0 Å². The number of amides is 1. The first-order valence-electron chi connectivity index (χ1n) is 5.78. The van der Waals surface area contributed by atoms with E-state index in [0.717, 1.165) is 11.4 Å². The second kappa shape index (κ2) is 6.80. The van der Waals surface area contributed by atoms with Gasteiger partial charge in [0.1, 0.15) is 17.7 Å². The molecule has 0 saturated heterocycles. The molecular weight excluding hydrogens is 232 g/mol. The average molecular weight is 250 g/mol. The van der Waals surface area contributed by atoms with Crippen LogP contribution in [-0.4, -0.2) is 39.8 Å². The van der Waals surface area contributed by atoms with Crippen LogP contribution in [0.2, 0.25) is 0 Å². The Labute approximate surface area is 106 Å². The van der Waals surface area contributed by atoms with Gasteiger partial charge < -0.3 is 10.4 Å². The Balaban J connectivity index is 2.79. The maximum absolute atomic E-state index is 11.7. The number of nitrogens with zero attached hydrogens (tertiary/aromatic N) is 3. The van der Waals surface area contributed by atoms with Crippen molar-refractivity contribution in [2.45, 2.75) is 27.2 Å². The van der Waals surface area contributed by atoms with Gasteiger partial charge in [0, 0.05) is 13.2 Å². The lowest BCUT2D eigenvalue weighted by molar-refractivity contribution is -0.114. The normalized spacial score (nSPS) is 11.4. The van der Waals surface area contributed by atoms with E-state index in [2.05, 4.69) is 20.3 Å². The van der Waals surface area contributed by atoms with Crippen LogP contribution in [0.25, 0.3) is 0 Å². The van der Waals surface area contributed by atoms with Crippen molar-refractivity contribution in [1.29, 1.82) is 0 Å². The molecule has 2 N–H and O–H groups in total. The molecule has 0 aliphatic rings. The van der Waals surface area contributed by atoms with Crippen LogP contribution in [0.4, 0.5) is 5.69 Å². The highest BCUT2D eigenvalue weighted by Crippen LogP contribution is 2.19. The number of hydrogen-bond acceptors (Lipinski definition) is 5. The average Bonchev–Trinajstić information content (AvgIpc) is 2.34. The molecule has 1 aromatic rings. The summed E-state index contributed by atoms with van der Waals surface area (Å²) in [5, 5.41) is 11.3. The van der Waals surface area contributed by atoms with Gasteiger partial charge in [-0.05, 0) is 27.2 Å². The first-order chi connectivity index (χ1) is 8.56. The van der Waals surface area contributed by atoms with Gasteiger partial charge in [-0.25, -0.2) is 15.0 Å². The maximum atomic E-state index is 11.7. The van der Waals surface area contributed by atoms with Crippen molar-refractivity contribution in [2.24, 2.45) is 4.99 Å². The molecule has 0 atom stereocenters. The summed E-state index contributed by atoms with van der Waals surface area (Å²) in [7, 11) is 0. The molecule has 0 saturated carbocycles. The Morgan fingerprint density at radius 3 is 2.56 bits per heavy atom. The number of nitrogens with one attached hydrogen (secondary N) is 1. The molecule has 1 aromatic heterocycles. The van der Waals surface area contributed by atoms with E-state index in [4.69, 9.17) is 5.11 Å². The van der Waals surface area contributed by atoms with Crippen molar-refractivity contribution >= 4 is 17.3 Å². The summed E-state index contributed by atoms with van der Waals surface area (Å²) in [5.74, 6) is -0.244. The third-order valence-corrected chi connectivity index (χ3v) is 2.42. The Kier molecular flexibility index (Phi) is 5.38. The largest absolute Gasteiger partial charge is 0.396 e. The van der Waals surface area contributed by atoms with Gasteiger partial charge in [-0.3, -0.25) is 4.79 Å². The fourth-order valence-electron chi connectivity index (χ4n) is 1.38. The van der Waals surface area contributed by atoms with Crippen molar-refractivity contribution in [2.75, 3.05) is 13.2 Å². The molecule has 98 valence electrons. The Morgan fingerprint density at radius 1 is 1.39 bits per heavy atom. The van der Waals surface area contributed by atoms with Crippen LogP contribution in [0.1, 0.15) is 24.7 Å². The molecule has 0 aliphatic carbocycles. The first-order valence-corrected chi connectivity index (χ1v) is 5.78. The number of carbonyl (C=O) groups excluding carboxylic acids is 1. The van der Waals surface area contributed by atoms with Gasteiger partial charge in [-0.15, -0.1) is 0 Å². The summed E-state index contributed by atoms with van der Waals surface area (Å²) in [6.45, 7) is 5.78. The number of hydrogen-bond donors (Lipinski definition) is 2. The third-order valence-electron chi connectivity index (χ3n) is 2.42. The van der Waals surface area contributed by atoms with E-state index in [9.17, 15) is 4.79 Å². The summed E-state index contributed by atoms with van der Waals surface area (Å²) in [4.78, 5) is 24.0. The quantitative estimate of drug-likeness (QED) is 0.594. The number of aromatic nitrogens is 2. The minimum atomic E-state index is -0.244. The predicted octanol–water partition coefficient (Wildman–Crippen LogP) is 0.684. The van der Waals surface area contributed by atoms with Gasteiger partial charge in [0.25, 0.3) is 5.91 Å². The van der Waals surface area contributed by atoms with Crippen molar-refractivity contribution < 1.29 is 9.90 Å². The van der Waals surface area contributed by atoms with Gasteiger partial charge in [0.2, 0.25) is 0 Å². The molecule has 0 spiro atoms. The molecule has 1 heterocycles. The van der Waals surface area contributed by atoms with Crippen LogP contribution < -0.4 is 5.32 Å². The molecule has 0 radical (unpaired) electrons. The second-order valence-corrected chi connectivity index (χ2v) is 3.92. The topological polar surface area (TPSA) is 87.5 Å². The minimum absolute atomic E-state index is 0.0568. The van der Waals surface area contributed by atoms with E-state index in [1.54, 1.807) is 6.92 Å². The first kappa shape index (κ1) is 14.2. The molecule has 6 nitrogen and oxygen atoms in total. The summed E-state index contributed by atoms with van der Waals surface area (Å²) < 4.78 is 0. The van der Waals surface area contributed by atoms with E-state index in [0.29, 0.717) is 24.4 Å². The lowest BCUT2D eigenvalue weighted by Gasteiger charge is -2.06. The fraction of sp³-hybridized carbons (Fsp3) is 0.500. The molecular formula is C12H18N4O2. The summed E-state index contributed by atoms with van der Waals surface area (Å²) in [6.07, 6.45) is 2.01. The monoisotopic (exact) mass is 250 g/mol. The van der Waals surface area contributed by atoms with Gasteiger partial charge in [-0.2, -0.15) is 0 Å². The van der Waals surface area contributed by atoms with Crippen molar-refractivity contribution in [3.8, 4) is 0 Å². The van der Waals surface area contributed by atoms with Crippen molar-refractivity contribution in [3.63, 3.8) is 0 Å². The Hall–Kier alpha value is -1.82. The zero-order chi connectivity index (χ0) is 13.5. The van der Waals surface area contributed by atoms with Crippen LogP contribution in [0.5, 0.6) is 0 Å². The Morgan fingerprint density at radius 2 is 2.00 bits per heavy atom. The number of rotatable bonds is 5. The smallest absolute Gasteiger partial charge is 0.265 e. The number of aliphatic imine (C=N–C) groups is 1. The third kappa shape index (κ3) is 3.89. The second-order valence-electron chi connectivity index (χ2n) is 3.92. The van der Waals surface area contributed by atoms with Crippen LogP contribution in [0.15, 0.2) is 11.3 Å². The Bertz CT molecular complexity index is 437. The highest BCUT2D eigenvalue weighted by Gasteiger charge is 2.08. The number of aliphatic hydroxyl groups excluding tert-OH is 1. The number of aryl methyl sites for hydroxylation is 2.